The van der Waals surface area contributed by atoms with Crippen molar-refractivity contribution in [1.82, 2.24) is 31.2 Å². The number of aliphatic hydroxyl groups is 1. The summed E-state index contributed by atoms with van der Waals surface area (Å²) in [6, 6.07) is 1.33. The van der Waals surface area contributed by atoms with E-state index in [1.807, 2.05) is 5.43 Å². The van der Waals surface area contributed by atoms with Crippen molar-refractivity contribution in [2.24, 2.45) is 10.8 Å². The van der Waals surface area contributed by atoms with Crippen molar-refractivity contribution in [1.29, 1.82) is 0 Å². The van der Waals surface area contributed by atoms with Crippen LogP contribution < -0.4 is 26.4 Å². The first kappa shape index (κ1) is 49.6. The van der Waals surface area contributed by atoms with Crippen LogP contribution in [0.5, 0.6) is 0 Å². The second kappa shape index (κ2) is 19.3. The van der Waals surface area contributed by atoms with Crippen LogP contribution in [0, 0.1) is 29.4 Å². The van der Waals surface area contributed by atoms with Gasteiger partial charge in [-0.1, -0.05) is 29.8 Å². The van der Waals surface area contributed by atoms with E-state index >= 15 is 8.78 Å². The maximum atomic E-state index is 16.1. The normalized spacial score (nSPS) is 14.3. The Hall–Kier alpha value is -5.81. The number of hydrazine groups is 1. The molecule has 3 aromatic rings. The Morgan fingerprint density at radius 2 is 1.26 bits per heavy atom. The Morgan fingerprint density at radius 3 is 1.69 bits per heavy atom. The maximum absolute atomic E-state index is 16.1. The van der Waals surface area contributed by atoms with Crippen molar-refractivity contribution < 1.29 is 77.7 Å². The molecule has 14 nitrogen and oxygen atoms in total. The first-order chi connectivity index (χ1) is 28.0. The number of rotatable bonds is 16. The Balaban J connectivity index is 2.22. The number of alkyl halides is 8. The third kappa shape index (κ3) is 11.9. The van der Waals surface area contributed by atoms with E-state index in [0.29, 0.717) is 45.4 Å². The number of methoxy groups -OCH3 is 2. The predicted molar refractivity (Wildman–Crippen MR) is 195 cm³/mol. The van der Waals surface area contributed by atoms with Gasteiger partial charge in [0.25, 0.3) is 5.91 Å². The van der Waals surface area contributed by atoms with Gasteiger partial charge in [-0.3, -0.25) is 20.0 Å². The number of ether oxygens (including phenoxy) is 2. The molecule has 4 amide bonds. The summed E-state index contributed by atoms with van der Waals surface area (Å²) in [6.45, 7) is -0.590. The van der Waals surface area contributed by atoms with Crippen LogP contribution in [0.2, 0.25) is 0 Å². The number of nitrogens with one attached hydrogen (secondary N) is 4. The van der Waals surface area contributed by atoms with E-state index in [0.717, 1.165) is 32.0 Å². The number of hydrogen-bond acceptors (Lipinski definition) is 9. The number of aliphatic hydroxyl groups excluding tert-OH is 1. The topological polar surface area (TPSA) is 176 Å². The minimum Gasteiger partial charge on any atom is -0.453 e. The molecule has 1 aromatic heterocycles. The van der Waals surface area contributed by atoms with Crippen LogP contribution >= 0.6 is 0 Å². The fraction of sp³-hybridized carbons (Fsp3) is 0.486. The van der Waals surface area contributed by atoms with Gasteiger partial charge in [0.15, 0.2) is 11.6 Å². The number of nitrogens with zero attached hydrogens (tertiary/aromatic N) is 3. The summed E-state index contributed by atoms with van der Waals surface area (Å²) in [6.07, 6.45) is -15.3. The van der Waals surface area contributed by atoms with E-state index in [-0.39, 0.29) is 15.4 Å². The number of alkyl carbamates (subject to hydrolysis) is 2. The van der Waals surface area contributed by atoms with Crippen LogP contribution in [0.3, 0.4) is 0 Å². The quantitative estimate of drug-likeness (QED) is 0.0843. The number of anilines is 1. The molecule has 0 fully saturated rings. The molecule has 4 atom stereocenters. The molecule has 0 radical (unpaired) electrons. The van der Waals surface area contributed by atoms with Crippen molar-refractivity contribution >= 4 is 29.7 Å². The average molecular weight is 888 g/mol. The van der Waals surface area contributed by atoms with E-state index in [9.17, 15) is 59.4 Å². The largest absolute Gasteiger partial charge is 0.453 e. The first-order valence-electron chi connectivity index (χ1n) is 17.8. The van der Waals surface area contributed by atoms with Gasteiger partial charge in [-0.15, -0.1) is 0 Å². The van der Waals surface area contributed by atoms with Crippen molar-refractivity contribution in [3.63, 3.8) is 0 Å². The second-order valence-electron chi connectivity index (χ2n) is 14.8. The Labute approximate surface area is 341 Å². The lowest BCUT2D eigenvalue weighted by Gasteiger charge is -2.38. The molecule has 0 spiro atoms. The highest BCUT2D eigenvalue weighted by Gasteiger charge is 2.57. The lowest BCUT2D eigenvalue weighted by Crippen LogP contribution is -2.64. The molecule has 0 bridgehead atoms. The molecule has 0 saturated carbocycles. The smallest absolute Gasteiger partial charge is 0.407 e. The zero-order chi connectivity index (χ0) is 46.4. The Morgan fingerprint density at radius 1 is 0.787 bits per heavy atom. The fourth-order valence-corrected chi connectivity index (χ4v) is 5.63. The second-order valence-corrected chi connectivity index (χ2v) is 14.8. The lowest BCUT2D eigenvalue weighted by atomic mass is 9.82. The van der Waals surface area contributed by atoms with Crippen molar-refractivity contribution in [2.75, 3.05) is 25.8 Å². The molecular formula is C37H43F10N7O7. The van der Waals surface area contributed by atoms with Crippen LogP contribution in [-0.2, 0) is 25.5 Å². The summed E-state index contributed by atoms with van der Waals surface area (Å²) in [5.41, 5.74) is -5.42. The molecule has 0 aliphatic heterocycles. The summed E-state index contributed by atoms with van der Waals surface area (Å²) in [7, 11) is 1.56. The van der Waals surface area contributed by atoms with Crippen LogP contribution in [0.25, 0.3) is 11.3 Å². The highest BCUT2D eigenvalue weighted by atomic mass is 19.4. The number of benzene rings is 2. The molecule has 5 N–H and O–H groups in total. The van der Waals surface area contributed by atoms with Gasteiger partial charge < -0.3 is 30.5 Å². The van der Waals surface area contributed by atoms with Gasteiger partial charge in [0.2, 0.25) is 5.91 Å². The van der Waals surface area contributed by atoms with Gasteiger partial charge in [0.1, 0.15) is 17.8 Å². The van der Waals surface area contributed by atoms with Gasteiger partial charge in [-0.2, -0.15) is 40.2 Å². The van der Waals surface area contributed by atoms with Crippen molar-refractivity contribution in [3.05, 3.63) is 71.4 Å². The van der Waals surface area contributed by atoms with Crippen LogP contribution in [0.1, 0.15) is 45.4 Å². The van der Waals surface area contributed by atoms with Crippen LogP contribution in [0.4, 0.5) is 59.2 Å². The van der Waals surface area contributed by atoms with Crippen molar-refractivity contribution in [2.45, 2.75) is 84.2 Å². The molecule has 61 heavy (non-hydrogen) atoms. The summed E-state index contributed by atoms with van der Waals surface area (Å²) < 4.78 is 153. The van der Waals surface area contributed by atoms with E-state index in [2.05, 4.69) is 19.9 Å². The predicted octanol–water partition coefficient (Wildman–Crippen LogP) is 6.08. The molecule has 0 saturated heterocycles. The number of amides is 4. The molecule has 2 aromatic carbocycles. The van der Waals surface area contributed by atoms with E-state index < -0.39 is 114 Å². The summed E-state index contributed by atoms with van der Waals surface area (Å²) in [5, 5.41) is 21.1. The van der Waals surface area contributed by atoms with Gasteiger partial charge in [0.05, 0.1) is 49.4 Å². The Bertz CT molecular complexity index is 2000. The molecule has 1 unspecified atom stereocenters. The molecule has 0 aliphatic carbocycles. The first-order valence-corrected chi connectivity index (χ1v) is 17.8. The molecule has 0 aliphatic rings. The molecule has 338 valence electrons. The van der Waals surface area contributed by atoms with Crippen LogP contribution in [-0.4, -0.2) is 96.2 Å². The average Bonchev–Trinajstić information content (AvgIpc) is 3.66. The zero-order valence-electron chi connectivity index (χ0n) is 33.4. The number of aryl methyl sites for hydroxylation is 1. The van der Waals surface area contributed by atoms with Crippen LogP contribution in [0.15, 0.2) is 48.7 Å². The van der Waals surface area contributed by atoms with Gasteiger partial charge in [-0.05, 0) is 64.8 Å². The molecule has 24 heteroatoms. The summed E-state index contributed by atoms with van der Waals surface area (Å²) in [4.78, 5) is 51.8. The number of hydrogen-bond donors (Lipinski definition) is 5. The van der Waals surface area contributed by atoms with E-state index in [1.54, 1.807) is 29.7 Å². The van der Waals surface area contributed by atoms with Crippen molar-refractivity contribution in [3.8, 4) is 11.3 Å². The molecule has 1 heterocycles. The highest BCUT2D eigenvalue weighted by Crippen LogP contribution is 2.42. The van der Waals surface area contributed by atoms with Gasteiger partial charge in [-0.25, -0.2) is 23.1 Å². The number of carbonyl (C=O) groups is 4. The monoisotopic (exact) mass is 887 g/mol. The molecule has 3 rings (SSSR count). The maximum Gasteiger partial charge on any atom is 0.407 e. The van der Waals surface area contributed by atoms with E-state index in [1.165, 1.54) is 12.1 Å². The SMILES string of the molecule is COC(=O)NC(C(=O)N[C@@H](Cc1ccc(C)cc1)[C@@H](O)CN(NC(=O)[C@@H](NC(=O)OC)C(C)(C)C(F)(F)F)c1c(F)cc(-c2ccn(C(F)F)n2)cc1F)C(C)(C)C(F)(F)F. The van der Waals surface area contributed by atoms with E-state index in [4.69, 9.17) is 0 Å². The summed E-state index contributed by atoms with van der Waals surface area (Å²) >= 11 is 0. The minimum absolute atomic E-state index is 0.155. The summed E-state index contributed by atoms with van der Waals surface area (Å²) in [5.74, 6) is -6.62. The number of halogens is 10. The van der Waals surface area contributed by atoms with Gasteiger partial charge >= 0.3 is 31.1 Å². The number of carbonyl (C=O) groups excluding carboxylic acids is 4. The minimum atomic E-state index is -5.25. The third-order valence-corrected chi connectivity index (χ3v) is 9.70. The van der Waals surface area contributed by atoms with Gasteiger partial charge in [0, 0.05) is 11.8 Å². The number of aromatic nitrogens is 2. The highest BCUT2D eigenvalue weighted by molar-refractivity contribution is 5.88. The standard InChI is InChI=1S/C37H43F10N7O7/c1-18-8-10-19(11-9-18)14-24(48-29(56)27(49-32(58)60-6)34(2,3)36(42,43)44)25(55)17-54(52-30(57)28(50-33(59)61-7)35(4,5)37(45,46)47)26-21(38)15-20(16-22(26)39)23-12-13-53(51-23)31(40)41/h8-13,15-16,24-25,27-28,31,55H,14,17H2,1-7H3,(H,48,56)(H,49,58)(H,50,59)(H,52,57)/t24-,25-,27?,28+/m0/s1. The molecular weight excluding hydrogens is 844 g/mol. The Kier molecular flexibility index (Phi) is 15.7. The third-order valence-electron chi connectivity index (χ3n) is 9.70. The lowest BCUT2D eigenvalue weighted by molar-refractivity contribution is -0.221. The zero-order valence-corrected chi connectivity index (χ0v) is 33.4. The fourth-order valence-electron chi connectivity index (χ4n) is 5.63.